The molecule has 1 N–H and O–H groups in total. The number of anilines is 1. The van der Waals surface area contributed by atoms with Crippen molar-refractivity contribution in [2.45, 2.75) is 44.7 Å². The zero-order chi connectivity index (χ0) is 32.3. The molecule has 0 aromatic heterocycles. The van der Waals surface area contributed by atoms with Gasteiger partial charge in [0.1, 0.15) is 24.1 Å². The van der Waals surface area contributed by atoms with E-state index in [4.69, 9.17) is 18.9 Å². The van der Waals surface area contributed by atoms with E-state index >= 15 is 0 Å². The molecule has 0 aliphatic rings. The zero-order valence-corrected chi connectivity index (χ0v) is 26.8. The lowest BCUT2D eigenvalue weighted by molar-refractivity contribution is -0.140. The molecule has 238 valence electrons. The van der Waals surface area contributed by atoms with Gasteiger partial charge in [-0.15, -0.1) is 0 Å². The van der Waals surface area contributed by atoms with Crippen LogP contribution in [0.25, 0.3) is 0 Å². The van der Waals surface area contributed by atoms with Gasteiger partial charge in [-0.3, -0.25) is 13.9 Å². The highest BCUT2D eigenvalue weighted by Crippen LogP contribution is 2.33. The van der Waals surface area contributed by atoms with Gasteiger partial charge >= 0.3 is 0 Å². The summed E-state index contributed by atoms with van der Waals surface area (Å²) in [5.74, 6) is 0.882. The number of sulfonamides is 1. The predicted octanol–water partition coefficient (Wildman–Crippen LogP) is 4.25. The molecule has 12 heteroatoms. The van der Waals surface area contributed by atoms with E-state index in [-0.39, 0.29) is 28.8 Å². The zero-order valence-electron chi connectivity index (χ0n) is 26.0. The number of nitrogens with one attached hydrogen (secondary N) is 1. The Balaban J connectivity index is 2.10. The maximum atomic E-state index is 14.2. The smallest absolute Gasteiger partial charge is 0.264 e. The van der Waals surface area contributed by atoms with E-state index in [0.717, 1.165) is 9.87 Å². The number of rotatable bonds is 16. The van der Waals surface area contributed by atoms with Crippen molar-refractivity contribution < 1.29 is 37.0 Å². The standard InChI is InChI=1S/C32H41N3O8S/c1-7-28(32(37)33-8-2)34(21-23-10-14-25(40-4)15-11-23)31(36)22-35(24-12-16-26(17-13-24)43-9-3)44(38,39)27-18-19-29(41-5)30(20-27)42-6/h10-20,28H,7-9,21-22H2,1-6H3,(H,33,37)/t28-/m0/s1. The molecule has 1 atom stereocenters. The van der Waals surface area contributed by atoms with E-state index in [1.54, 1.807) is 69.5 Å². The van der Waals surface area contributed by atoms with Crippen molar-refractivity contribution in [2.75, 3.05) is 45.3 Å². The fourth-order valence-electron chi connectivity index (χ4n) is 4.65. The van der Waals surface area contributed by atoms with Crippen LogP contribution in [0.1, 0.15) is 32.8 Å². The van der Waals surface area contributed by atoms with Gasteiger partial charge in [0.2, 0.25) is 11.8 Å². The Morgan fingerprint density at radius 3 is 2.00 bits per heavy atom. The van der Waals surface area contributed by atoms with Gasteiger partial charge in [0.05, 0.1) is 38.5 Å². The van der Waals surface area contributed by atoms with Crippen LogP contribution in [0.2, 0.25) is 0 Å². The molecule has 3 rings (SSSR count). The first-order valence-electron chi connectivity index (χ1n) is 14.3. The molecule has 0 bridgehead atoms. The first-order chi connectivity index (χ1) is 21.1. The summed E-state index contributed by atoms with van der Waals surface area (Å²) in [6.07, 6.45) is 0.319. The number of ether oxygens (including phenoxy) is 4. The molecule has 3 aromatic carbocycles. The number of carbonyl (C=O) groups is 2. The number of nitrogens with zero attached hydrogens (tertiary/aromatic N) is 2. The maximum Gasteiger partial charge on any atom is 0.264 e. The average Bonchev–Trinajstić information content (AvgIpc) is 3.04. The minimum atomic E-state index is -4.32. The third-order valence-corrected chi connectivity index (χ3v) is 8.68. The largest absolute Gasteiger partial charge is 0.497 e. The number of likely N-dealkylation sites (N-methyl/N-ethyl adjacent to an activating group) is 1. The Morgan fingerprint density at radius 2 is 1.45 bits per heavy atom. The monoisotopic (exact) mass is 627 g/mol. The Morgan fingerprint density at radius 1 is 0.818 bits per heavy atom. The van der Waals surface area contributed by atoms with Crippen LogP contribution in [0, 0.1) is 0 Å². The highest BCUT2D eigenvalue weighted by Gasteiger charge is 2.34. The quantitative estimate of drug-likeness (QED) is 0.250. The molecule has 0 heterocycles. The van der Waals surface area contributed by atoms with Gasteiger partial charge in [-0.25, -0.2) is 8.42 Å². The summed E-state index contributed by atoms with van der Waals surface area (Å²) >= 11 is 0. The molecule has 0 aliphatic heterocycles. The number of benzene rings is 3. The molecule has 0 saturated carbocycles. The van der Waals surface area contributed by atoms with Crippen molar-refractivity contribution in [3.63, 3.8) is 0 Å². The number of methoxy groups -OCH3 is 3. The molecule has 11 nitrogen and oxygen atoms in total. The van der Waals surface area contributed by atoms with Gasteiger partial charge in [-0.1, -0.05) is 19.1 Å². The summed E-state index contributed by atoms with van der Waals surface area (Å²) in [5.41, 5.74) is 0.990. The van der Waals surface area contributed by atoms with E-state index in [0.29, 0.717) is 36.8 Å². The number of hydrogen-bond acceptors (Lipinski definition) is 8. The summed E-state index contributed by atoms with van der Waals surface area (Å²) in [7, 11) is 0.0987. The van der Waals surface area contributed by atoms with E-state index in [9.17, 15) is 18.0 Å². The number of amides is 2. The molecule has 0 fully saturated rings. The summed E-state index contributed by atoms with van der Waals surface area (Å²) in [5, 5.41) is 2.79. The fourth-order valence-corrected chi connectivity index (χ4v) is 6.08. The summed E-state index contributed by atoms with van der Waals surface area (Å²) in [6, 6.07) is 16.9. The summed E-state index contributed by atoms with van der Waals surface area (Å²) in [4.78, 5) is 28.6. The Kier molecular flexibility index (Phi) is 12.3. The van der Waals surface area contributed by atoms with Crippen molar-refractivity contribution in [1.82, 2.24) is 10.2 Å². The number of hydrogen-bond donors (Lipinski definition) is 1. The lowest BCUT2D eigenvalue weighted by Gasteiger charge is -2.33. The second kappa shape index (κ2) is 15.9. The van der Waals surface area contributed by atoms with Crippen LogP contribution in [0.5, 0.6) is 23.0 Å². The second-order valence-electron chi connectivity index (χ2n) is 9.64. The maximum absolute atomic E-state index is 14.2. The molecule has 0 unspecified atom stereocenters. The van der Waals surface area contributed by atoms with Gasteiger partial charge in [0, 0.05) is 19.2 Å². The first kappa shape index (κ1) is 34.0. The van der Waals surface area contributed by atoms with Gasteiger partial charge in [-0.05, 0) is 74.4 Å². The lowest BCUT2D eigenvalue weighted by Crippen LogP contribution is -2.52. The minimum Gasteiger partial charge on any atom is -0.497 e. The average molecular weight is 628 g/mol. The van der Waals surface area contributed by atoms with E-state index in [1.807, 2.05) is 6.92 Å². The molecule has 0 saturated heterocycles. The molecular formula is C32H41N3O8S. The van der Waals surface area contributed by atoms with Gasteiger partial charge < -0.3 is 29.2 Å². The van der Waals surface area contributed by atoms with Crippen molar-refractivity contribution >= 4 is 27.5 Å². The van der Waals surface area contributed by atoms with Crippen molar-refractivity contribution in [2.24, 2.45) is 0 Å². The summed E-state index contributed by atoms with van der Waals surface area (Å²) < 4.78 is 50.9. The van der Waals surface area contributed by atoms with Crippen LogP contribution >= 0.6 is 0 Å². The van der Waals surface area contributed by atoms with Gasteiger partial charge in [0.25, 0.3) is 10.0 Å². The molecule has 44 heavy (non-hydrogen) atoms. The Bertz CT molecular complexity index is 1490. The lowest BCUT2D eigenvalue weighted by atomic mass is 10.1. The molecule has 2 amide bonds. The van der Waals surface area contributed by atoms with Crippen molar-refractivity contribution in [3.05, 3.63) is 72.3 Å². The minimum absolute atomic E-state index is 0.0754. The Labute approximate surface area is 259 Å². The summed E-state index contributed by atoms with van der Waals surface area (Å²) in [6.45, 7) is 5.76. The van der Waals surface area contributed by atoms with Crippen molar-refractivity contribution in [1.29, 1.82) is 0 Å². The molecule has 3 aromatic rings. The van der Waals surface area contributed by atoms with Crippen LogP contribution in [-0.2, 0) is 26.2 Å². The molecular weight excluding hydrogens is 586 g/mol. The third kappa shape index (κ3) is 8.13. The number of carbonyl (C=O) groups excluding carboxylic acids is 2. The first-order valence-corrected chi connectivity index (χ1v) is 15.7. The normalized spacial score (nSPS) is 11.7. The predicted molar refractivity (Wildman–Crippen MR) is 168 cm³/mol. The SMILES string of the molecule is CCNC(=O)[C@H](CC)N(Cc1ccc(OC)cc1)C(=O)CN(c1ccc(OCC)cc1)S(=O)(=O)c1ccc(OC)c(OC)c1. The molecule has 0 spiro atoms. The van der Waals surface area contributed by atoms with Crippen LogP contribution in [0.15, 0.2) is 71.6 Å². The highest BCUT2D eigenvalue weighted by atomic mass is 32.2. The van der Waals surface area contributed by atoms with Gasteiger partial charge in [0.15, 0.2) is 11.5 Å². The highest BCUT2D eigenvalue weighted by molar-refractivity contribution is 7.92. The Hall–Kier alpha value is -4.45. The molecule has 0 radical (unpaired) electrons. The van der Waals surface area contributed by atoms with Crippen LogP contribution in [0.4, 0.5) is 5.69 Å². The fraction of sp³-hybridized carbons (Fsp3) is 0.375. The van der Waals surface area contributed by atoms with Crippen LogP contribution in [0.3, 0.4) is 0 Å². The van der Waals surface area contributed by atoms with E-state index in [1.165, 1.54) is 37.3 Å². The van der Waals surface area contributed by atoms with E-state index < -0.39 is 28.5 Å². The van der Waals surface area contributed by atoms with Crippen LogP contribution < -0.4 is 28.6 Å². The van der Waals surface area contributed by atoms with E-state index in [2.05, 4.69) is 5.32 Å². The van der Waals surface area contributed by atoms with Crippen molar-refractivity contribution in [3.8, 4) is 23.0 Å². The third-order valence-electron chi connectivity index (χ3n) is 6.91. The second-order valence-corrected chi connectivity index (χ2v) is 11.5. The van der Waals surface area contributed by atoms with Crippen LogP contribution in [-0.4, -0.2) is 72.2 Å². The topological polar surface area (TPSA) is 124 Å². The molecule has 0 aliphatic carbocycles. The van der Waals surface area contributed by atoms with Gasteiger partial charge in [-0.2, -0.15) is 0 Å².